The number of methoxy groups -OCH3 is 1. The van der Waals surface area contributed by atoms with Gasteiger partial charge >= 0.3 is 0 Å². The van der Waals surface area contributed by atoms with Crippen LogP contribution >= 0.6 is 0 Å². The van der Waals surface area contributed by atoms with Gasteiger partial charge in [0.1, 0.15) is 5.75 Å². The van der Waals surface area contributed by atoms with E-state index in [1.54, 1.807) is 31.4 Å². The molecule has 2 N–H and O–H groups in total. The molecule has 5 nitrogen and oxygen atoms in total. The van der Waals surface area contributed by atoms with E-state index in [2.05, 4.69) is 57.8 Å². The highest BCUT2D eigenvalue weighted by atomic mass is 16.5. The molecule has 1 amide bonds. The van der Waals surface area contributed by atoms with Gasteiger partial charge in [0, 0.05) is 54.9 Å². The number of rotatable bonds is 7. The predicted octanol–water partition coefficient (Wildman–Crippen LogP) is 4.80. The number of benzene rings is 3. The second-order valence-corrected chi connectivity index (χ2v) is 7.77. The number of ether oxygens (including phenoxy) is 1. The van der Waals surface area contributed by atoms with E-state index in [1.807, 2.05) is 26.2 Å². The Hall–Kier alpha value is -3.73. The van der Waals surface area contributed by atoms with E-state index in [4.69, 9.17) is 4.74 Å². The lowest BCUT2D eigenvalue weighted by Gasteiger charge is -2.20. The first-order valence-electron chi connectivity index (χ1n) is 10.3. The van der Waals surface area contributed by atoms with Crippen molar-refractivity contribution in [2.24, 2.45) is 0 Å². The molecule has 5 heteroatoms. The molecule has 0 radical (unpaired) electrons. The molecular formula is C26H27N3O2. The smallest absolute Gasteiger partial charge is 0.251 e. The highest BCUT2D eigenvalue weighted by Crippen LogP contribution is 2.31. The number of nitrogens with one attached hydrogen (secondary N) is 2. The molecule has 1 atom stereocenters. The lowest BCUT2D eigenvalue weighted by Crippen LogP contribution is -2.28. The van der Waals surface area contributed by atoms with Crippen molar-refractivity contribution >= 4 is 22.5 Å². The highest BCUT2D eigenvalue weighted by molar-refractivity contribution is 5.94. The van der Waals surface area contributed by atoms with Crippen molar-refractivity contribution in [1.82, 2.24) is 10.3 Å². The van der Waals surface area contributed by atoms with Gasteiger partial charge in [0.05, 0.1) is 7.11 Å². The Morgan fingerprint density at radius 2 is 1.71 bits per heavy atom. The van der Waals surface area contributed by atoms with Gasteiger partial charge in [-0.05, 0) is 53.6 Å². The Labute approximate surface area is 182 Å². The van der Waals surface area contributed by atoms with Gasteiger partial charge in [0.2, 0.25) is 0 Å². The molecule has 1 heterocycles. The molecule has 0 fully saturated rings. The minimum Gasteiger partial charge on any atom is -0.497 e. The Kier molecular flexibility index (Phi) is 5.94. The molecule has 4 rings (SSSR count). The third-order valence-corrected chi connectivity index (χ3v) is 5.63. The van der Waals surface area contributed by atoms with E-state index in [1.165, 1.54) is 10.9 Å². The summed E-state index contributed by atoms with van der Waals surface area (Å²) in [5, 5.41) is 4.29. The van der Waals surface area contributed by atoms with Crippen molar-refractivity contribution in [2.75, 3.05) is 32.6 Å². The number of nitrogens with zero attached hydrogens (tertiary/aromatic N) is 1. The van der Waals surface area contributed by atoms with Gasteiger partial charge in [-0.2, -0.15) is 0 Å². The third kappa shape index (κ3) is 4.40. The van der Waals surface area contributed by atoms with E-state index in [0.717, 1.165) is 22.5 Å². The topological polar surface area (TPSA) is 57.4 Å². The third-order valence-electron chi connectivity index (χ3n) is 5.63. The number of aromatic amines is 1. The largest absolute Gasteiger partial charge is 0.497 e. The number of fused-ring (bicyclic) bond motifs is 1. The lowest BCUT2D eigenvalue weighted by molar-refractivity contribution is 0.0952. The lowest BCUT2D eigenvalue weighted by atomic mass is 9.90. The van der Waals surface area contributed by atoms with Crippen molar-refractivity contribution < 1.29 is 9.53 Å². The summed E-state index contributed by atoms with van der Waals surface area (Å²) in [4.78, 5) is 18.2. The van der Waals surface area contributed by atoms with Gasteiger partial charge in [-0.1, -0.05) is 30.3 Å². The zero-order chi connectivity index (χ0) is 21.8. The van der Waals surface area contributed by atoms with Gasteiger partial charge in [-0.3, -0.25) is 4.79 Å². The van der Waals surface area contributed by atoms with Gasteiger partial charge in [0.25, 0.3) is 5.91 Å². The predicted molar refractivity (Wildman–Crippen MR) is 126 cm³/mol. The van der Waals surface area contributed by atoms with Gasteiger partial charge in [0.15, 0.2) is 0 Å². The zero-order valence-electron chi connectivity index (χ0n) is 18.1. The van der Waals surface area contributed by atoms with E-state index >= 15 is 0 Å². The van der Waals surface area contributed by atoms with E-state index in [9.17, 15) is 4.79 Å². The zero-order valence-corrected chi connectivity index (χ0v) is 18.1. The maximum Gasteiger partial charge on any atom is 0.251 e. The molecule has 0 aliphatic rings. The molecule has 3 aromatic carbocycles. The molecule has 0 unspecified atom stereocenters. The average molecular weight is 414 g/mol. The summed E-state index contributed by atoms with van der Waals surface area (Å²) in [7, 11) is 5.67. The van der Waals surface area contributed by atoms with Crippen LogP contribution < -0.4 is 15.0 Å². The summed E-state index contributed by atoms with van der Waals surface area (Å²) in [6, 6.07) is 23.9. The quantitative estimate of drug-likeness (QED) is 0.457. The molecule has 1 aromatic heterocycles. The second kappa shape index (κ2) is 8.96. The van der Waals surface area contributed by atoms with Crippen LogP contribution in [0.3, 0.4) is 0 Å². The van der Waals surface area contributed by atoms with Crippen LogP contribution in [0.25, 0.3) is 10.9 Å². The van der Waals surface area contributed by atoms with Crippen LogP contribution in [0.1, 0.15) is 27.4 Å². The number of hydrogen-bond donors (Lipinski definition) is 2. The Morgan fingerprint density at radius 3 is 2.39 bits per heavy atom. The Bertz CT molecular complexity index is 1160. The van der Waals surface area contributed by atoms with Crippen molar-refractivity contribution in [2.45, 2.75) is 5.92 Å². The highest BCUT2D eigenvalue weighted by Gasteiger charge is 2.19. The van der Waals surface area contributed by atoms with Crippen LogP contribution in [0.2, 0.25) is 0 Å². The number of carbonyl (C=O) groups excluding carboxylic acids is 1. The van der Waals surface area contributed by atoms with Gasteiger partial charge in [-0.15, -0.1) is 0 Å². The fraction of sp³-hybridized carbons (Fsp3) is 0.192. The summed E-state index contributed by atoms with van der Waals surface area (Å²) in [6.45, 7) is 0.494. The molecule has 0 saturated heterocycles. The van der Waals surface area contributed by atoms with E-state index in [0.29, 0.717) is 12.1 Å². The fourth-order valence-corrected chi connectivity index (χ4v) is 3.83. The maximum atomic E-state index is 12.8. The summed E-state index contributed by atoms with van der Waals surface area (Å²) >= 11 is 0. The molecule has 158 valence electrons. The number of hydrogen-bond acceptors (Lipinski definition) is 3. The van der Waals surface area contributed by atoms with E-state index in [-0.39, 0.29) is 11.8 Å². The summed E-state index contributed by atoms with van der Waals surface area (Å²) < 4.78 is 5.18. The summed E-state index contributed by atoms with van der Waals surface area (Å²) in [5.74, 6) is 0.654. The van der Waals surface area contributed by atoms with Crippen molar-refractivity contribution in [1.29, 1.82) is 0 Å². The number of carbonyl (C=O) groups is 1. The minimum atomic E-state index is -0.0996. The molecule has 4 aromatic rings. The van der Waals surface area contributed by atoms with Crippen molar-refractivity contribution in [3.05, 3.63) is 95.7 Å². The number of aromatic nitrogens is 1. The first kappa shape index (κ1) is 20.5. The second-order valence-electron chi connectivity index (χ2n) is 7.77. The molecule has 31 heavy (non-hydrogen) atoms. The summed E-state index contributed by atoms with van der Waals surface area (Å²) in [6.07, 6.45) is 2.05. The number of amides is 1. The standard InChI is InChI=1S/C26H27N3O2/c1-29(2)20-12-8-18(9-13-20)23(24-17-27-25-7-5-4-6-22(24)25)16-28-26(30)19-10-14-21(31-3)15-11-19/h4-15,17,23,27H,16H2,1-3H3,(H,28,30)/t23-/m0/s1. The maximum absolute atomic E-state index is 12.8. The molecule has 0 spiro atoms. The van der Waals surface area contributed by atoms with Crippen LogP contribution in [0.5, 0.6) is 5.75 Å². The van der Waals surface area contributed by atoms with Crippen LogP contribution in [0.4, 0.5) is 5.69 Å². The minimum absolute atomic E-state index is 0.0227. The SMILES string of the molecule is COc1ccc(C(=O)NC[C@@H](c2ccc(N(C)C)cc2)c2c[nH]c3ccccc23)cc1. The fourth-order valence-electron chi connectivity index (χ4n) is 3.83. The Morgan fingerprint density at radius 1 is 1.00 bits per heavy atom. The number of anilines is 1. The Balaban J connectivity index is 1.62. The van der Waals surface area contributed by atoms with Crippen molar-refractivity contribution in [3.63, 3.8) is 0 Å². The molecule has 0 aliphatic carbocycles. The van der Waals surface area contributed by atoms with Crippen LogP contribution in [-0.4, -0.2) is 38.6 Å². The van der Waals surface area contributed by atoms with Crippen LogP contribution in [0, 0.1) is 0 Å². The molecule has 0 bridgehead atoms. The number of para-hydroxylation sites is 1. The first-order chi connectivity index (χ1) is 15.1. The molecular weight excluding hydrogens is 386 g/mol. The van der Waals surface area contributed by atoms with Crippen LogP contribution in [0.15, 0.2) is 79.0 Å². The van der Waals surface area contributed by atoms with Gasteiger partial charge < -0.3 is 19.9 Å². The van der Waals surface area contributed by atoms with E-state index < -0.39 is 0 Å². The normalized spacial score (nSPS) is 11.8. The van der Waals surface area contributed by atoms with Gasteiger partial charge in [-0.25, -0.2) is 0 Å². The molecule has 0 aliphatic heterocycles. The van der Waals surface area contributed by atoms with Crippen molar-refractivity contribution in [3.8, 4) is 5.75 Å². The first-order valence-corrected chi connectivity index (χ1v) is 10.3. The summed E-state index contributed by atoms with van der Waals surface area (Å²) in [5.41, 5.74) is 5.17. The molecule has 0 saturated carbocycles. The average Bonchev–Trinajstić information content (AvgIpc) is 3.23. The monoisotopic (exact) mass is 413 g/mol. The number of H-pyrrole nitrogens is 1. The van der Waals surface area contributed by atoms with Crippen LogP contribution in [-0.2, 0) is 0 Å².